The van der Waals surface area contributed by atoms with Crippen LogP contribution >= 0.6 is 0 Å². The quantitative estimate of drug-likeness (QED) is 0.0703. The summed E-state index contributed by atoms with van der Waals surface area (Å²) in [5, 5.41) is 23.6. The number of hydrogen-bond donors (Lipinski definition) is 4. The number of ether oxygens (including phenoxy) is 3. The zero-order valence-electron chi connectivity index (χ0n) is 24.2. The van der Waals surface area contributed by atoms with Gasteiger partial charge in [-0.15, -0.1) is 0 Å². The Morgan fingerprint density at radius 1 is 1.02 bits per heavy atom. The predicted octanol–water partition coefficient (Wildman–Crippen LogP) is 2.33. The maximum atomic E-state index is 14.8. The summed E-state index contributed by atoms with van der Waals surface area (Å²) in [7, 11) is -7.39. The molecule has 1 aromatic rings. The van der Waals surface area contributed by atoms with Crippen LogP contribution in [0.15, 0.2) is 30.3 Å². The molecule has 0 saturated carbocycles. The first-order valence-corrected chi connectivity index (χ1v) is 14.8. The van der Waals surface area contributed by atoms with Gasteiger partial charge in [-0.1, -0.05) is 30.3 Å². The number of unbranched alkanes of at least 4 members (excludes halogenated alkanes) is 1. The summed E-state index contributed by atoms with van der Waals surface area (Å²) in [5.41, 5.74) is -3.03. The van der Waals surface area contributed by atoms with Crippen molar-refractivity contribution in [1.29, 1.82) is 0 Å². The van der Waals surface area contributed by atoms with Gasteiger partial charge in [0.1, 0.15) is 17.8 Å². The minimum Gasteiger partial charge on any atom is -0.481 e. The molecule has 1 saturated heterocycles. The molecular formula is C25H31F8NO12S. The van der Waals surface area contributed by atoms with Crippen molar-refractivity contribution in [3.05, 3.63) is 35.9 Å². The highest BCUT2D eigenvalue weighted by molar-refractivity contribution is 7.87. The van der Waals surface area contributed by atoms with Crippen LogP contribution in [0.1, 0.15) is 38.2 Å². The number of carbonyl (C=O) groups excluding carboxylic acids is 1. The Labute approximate surface area is 261 Å². The Hall–Kier alpha value is -2.57. The van der Waals surface area contributed by atoms with E-state index in [1.54, 1.807) is 6.07 Å². The van der Waals surface area contributed by atoms with Crippen molar-refractivity contribution in [1.82, 2.24) is 0 Å². The lowest BCUT2D eigenvalue weighted by Gasteiger charge is -2.48. The minimum absolute atomic E-state index is 0.331. The van der Waals surface area contributed by atoms with Crippen molar-refractivity contribution in [2.24, 2.45) is 5.90 Å². The van der Waals surface area contributed by atoms with Gasteiger partial charge in [0.15, 0.2) is 11.9 Å². The fourth-order valence-electron chi connectivity index (χ4n) is 4.18. The second kappa shape index (κ2) is 15.3. The molecule has 1 aromatic carbocycles. The van der Waals surface area contributed by atoms with Gasteiger partial charge in [-0.2, -0.15) is 43.5 Å². The molecule has 2 rings (SSSR count). The van der Waals surface area contributed by atoms with Crippen molar-refractivity contribution < 1.29 is 91.7 Å². The number of rotatable bonds is 19. The molecule has 47 heavy (non-hydrogen) atoms. The molecule has 0 spiro atoms. The number of carboxylic acid groups (broad SMARTS) is 1. The number of alkyl halides is 8. The van der Waals surface area contributed by atoms with Gasteiger partial charge < -0.3 is 24.8 Å². The smallest absolute Gasteiger partial charge is 0.460 e. The van der Waals surface area contributed by atoms with Gasteiger partial charge in [-0.25, -0.2) is 10.6 Å². The van der Waals surface area contributed by atoms with E-state index in [1.807, 2.05) is 0 Å². The van der Waals surface area contributed by atoms with Gasteiger partial charge in [-0.05, 0) is 25.3 Å². The predicted molar refractivity (Wildman–Crippen MR) is 137 cm³/mol. The van der Waals surface area contributed by atoms with E-state index in [2.05, 4.69) is 13.8 Å². The van der Waals surface area contributed by atoms with E-state index in [-0.39, 0.29) is 6.61 Å². The molecule has 5 N–H and O–H groups in total. The summed E-state index contributed by atoms with van der Waals surface area (Å²) >= 11 is 0. The Kier molecular flexibility index (Phi) is 13.2. The minimum atomic E-state index is -7.39. The summed E-state index contributed by atoms with van der Waals surface area (Å²) in [5.74, 6) is -3.20. The number of aliphatic hydroxyl groups is 2. The van der Waals surface area contributed by atoms with Crippen LogP contribution in [0.3, 0.4) is 0 Å². The van der Waals surface area contributed by atoms with Crippen LogP contribution in [0.25, 0.3) is 0 Å². The van der Waals surface area contributed by atoms with E-state index in [1.165, 1.54) is 31.2 Å². The Bertz CT molecular complexity index is 1320. The third-order valence-corrected chi connectivity index (χ3v) is 8.05. The summed E-state index contributed by atoms with van der Waals surface area (Å²) in [6.45, 7) is -0.341. The van der Waals surface area contributed by atoms with Gasteiger partial charge in [0, 0.05) is 25.9 Å². The van der Waals surface area contributed by atoms with E-state index in [4.69, 9.17) is 20.5 Å². The molecule has 1 fully saturated rings. The second-order valence-corrected chi connectivity index (χ2v) is 11.8. The first-order valence-electron chi connectivity index (χ1n) is 13.4. The maximum Gasteiger partial charge on any atom is 0.460 e. The van der Waals surface area contributed by atoms with Crippen LogP contribution < -0.4 is 5.90 Å². The van der Waals surface area contributed by atoms with Crippen molar-refractivity contribution >= 4 is 21.9 Å². The normalized spacial score (nSPS) is 24.7. The summed E-state index contributed by atoms with van der Waals surface area (Å²) in [6, 6.07) is 7.54. The number of aliphatic hydroxyl groups excluding tert-OH is 1. The van der Waals surface area contributed by atoms with Crippen LogP contribution in [-0.2, 0) is 49.4 Å². The summed E-state index contributed by atoms with van der Waals surface area (Å²) in [4.78, 5) is 27.6. The standard InChI is InChI=1S/C25H31F8NO12S/c1-2-42-13-21(39)18(38)17(15(35)12-14-8-4-3-5-9-14)43-20(44-34)19(21)45-47(40,41)25(32,33)24(30,31)46-23(28,29)22(26,27)11-7-6-10-16(36)37/h3-5,8-9,17-20,38-39H,2,6-7,10-13,34H2,1H3,(H,36,37)/t17-,18-,19+,20-,21+/m1/s1. The number of carbonyl (C=O) groups is 2. The maximum absolute atomic E-state index is 14.8. The largest absolute Gasteiger partial charge is 0.481 e. The number of nitrogens with two attached hydrogens (primary N) is 1. The lowest BCUT2D eigenvalue weighted by atomic mass is 9.82. The molecule has 1 heterocycles. The number of carboxylic acids is 1. The van der Waals surface area contributed by atoms with Crippen molar-refractivity contribution in [2.45, 2.75) is 92.6 Å². The van der Waals surface area contributed by atoms with Crippen LogP contribution in [0.5, 0.6) is 0 Å². The molecule has 270 valence electrons. The number of ketones is 1. The van der Waals surface area contributed by atoms with Gasteiger partial charge in [-0.3, -0.25) is 18.6 Å². The van der Waals surface area contributed by atoms with E-state index >= 15 is 0 Å². The first kappa shape index (κ1) is 40.6. The molecule has 1 aliphatic rings. The van der Waals surface area contributed by atoms with Gasteiger partial charge >= 0.3 is 39.5 Å². The molecule has 0 aliphatic carbocycles. The zero-order valence-corrected chi connectivity index (χ0v) is 25.0. The van der Waals surface area contributed by atoms with Crippen LogP contribution in [0.2, 0.25) is 0 Å². The third kappa shape index (κ3) is 9.12. The zero-order chi connectivity index (χ0) is 36.1. The van der Waals surface area contributed by atoms with Crippen LogP contribution in [0.4, 0.5) is 35.1 Å². The summed E-state index contributed by atoms with van der Waals surface area (Å²) in [6.07, 6.45) is -29.0. The van der Waals surface area contributed by atoms with Crippen LogP contribution in [0, 0.1) is 0 Å². The number of halogens is 8. The van der Waals surface area contributed by atoms with E-state index in [0.717, 1.165) is 0 Å². The monoisotopic (exact) mass is 721 g/mol. The Morgan fingerprint density at radius 2 is 1.62 bits per heavy atom. The van der Waals surface area contributed by atoms with E-state index in [9.17, 15) is 63.3 Å². The van der Waals surface area contributed by atoms with E-state index < -0.39 is 114 Å². The van der Waals surface area contributed by atoms with Crippen LogP contribution in [-0.4, -0.2) is 102 Å². The van der Waals surface area contributed by atoms with Gasteiger partial charge in [0.05, 0.1) is 6.61 Å². The number of aliphatic carboxylic acids is 1. The second-order valence-electron chi connectivity index (χ2n) is 10.2. The number of Topliss-reactive ketones (excluding diaryl/α,β-unsaturated/α-hetero) is 1. The molecule has 5 atom stereocenters. The van der Waals surface area contributed by atoms with Crippen molar-refractivity contribution in [3.63, 3.8) is 0 Å². The van der Waals surface area contributed by atoms with Crippen molar-refractivity contribution in [3.8, 4) is 0 Å². The molecule has 13 nitrogen and oxygen atoms in total. The molecular weight excluding hydrogens is 690 g/mol. The third-order valence-electron chi connectivity index (χ3n) is 6.73. The molecule has 0 bridgehead atoms. The molecule has 0 radical (unpaired) electrons. The number of benzene rings is 1. The highest BCUT2D eigenvalue weighted by Crippen LogP contribution is 2.49. The van der Waals surface area contributed by atoms with Gasteiger partial charge in [0.25, 0.3) is 0 Å². The number of hydrogen-bond acceptors (Lipinski definition) is 12. The fraction of sp³-hybridized carbons (Fsp3) is 0.680. The molecule has 0 amide bonds. The van der Waals surface area contributed by atoms with Crippen molar-refractivity contribution in [2.75, 3.05) is 13.2 Å². The lowest BCUT2D eigenvalue weighted by molar-refractivity contribution is -0.457. The first-order chi connectivity index (χ1) is 21.5. The lowest BCUT2D eigenvalue weighted by Crippen LogP contribution is -2.72. The Balaban J connectivity index is 2.39. The highest BCUT2D eigenvalue weighted by atomic mass is 32.2. The highest BCUT2D eigenvalue weighted by Gasteiger charge is 2.75. The SMILES string of the molecule is CCOC[C@]1(O)[C@H](O)[C@@H](C(=O)Cc2ccccc2)O[C@H](ON)[C@@H]1OS(=O)(=O)C(F)(F)C(F)(F)OC(F)(F)C(F)(F)CCCCC(=O)O. The average Bonchev–Trinajstić information content (AvgIpc) is 2.96. The van der Waals surface area contributed by atoms with Gasteiger partial charge in [0.2, 0.25) is 6.29 Å². The Morgan fingerprint density at radius 3 is 2.15 bits per heavy atom. The average molecular weight is 722 g/mol. The molecule has 0 aromatic heterocycles. The van der Waals surface area contributed by atoms with E-state index in [0.29, 0.717) is 5.56 Å². The molecule has 0 unspecified atom stereocenters. The fourth-order valence-corrected chi connectivity index (χ4v) is 5.16. The topological polar surface area (TPSA) is 201 Å². The molecule has 22 heteroatoms. The molecule has 1 aliphatic heterocycles. The summed E-state index contributed by atoms with van der Waals surface area (Å²) < 4.78 is 156.